The molecule has 1 aliphatic heterocycles. The highest BCUT2D eigenvalue weighted by Crippen LogP contribution is 2.22. The third-order valence-corrected chi connectivity index (χ3v) is 5.16. The van der Waals surface area contributed by atoms with E-state index < -0.39 is 0 Å². The molecule has 0 bridgehead atoms. The Morgan fingerprint density at radius 1 is 0.967 bits per heavy atom. The van der Waals surface area contributed by atoms with Gasteiger partial charge in [0.05, 0.1) is 6.54 Å². The Bertz CT molecular complexity index is 1000. The molecule has 0 spiro atoms. The summed E-state index contributed by atoms with van der Waals surface area (Å²) in [6.07, 6.45) is 1.31. The molecule has 1 aliphatic rings. The SMILES string of the molecule is O=C(NCc1ccccc1)c1noc2c1CN(C(=O)NCCc1ccccc1)CC2. The van der Waals surface area contributed by atoms with Crippen LogP contribution in [0.5, 0.6) is 0 Å². The van der Waals surface area contributed by atoms with E-state index in [1.54, 1.807) is 4.90 Å². The summed E-state index contributed by atoms with van der Waals surface area (Å²) in [5.74, 6) is 0.378. The maximum Gasteiger partial charge on any atom is 0.317 e. The first kappa shape index (κ1) is 19.7. The molecule has 0 radical (unpaired) electrons. The maximum absolute atomic E-state index is 12.6. The summed E-state index contributed by atoms with van der Waals surface area (Å²) >= 11 is 0. The number of fused-ring (bicyclic) bond motifs is 1. The van der Waals surface area contributed by atoms with Crippen LogP contribution in [0.4, 0.5) is 4.79 Å². The minimum Gasteiger partial charge on any atom is -0.360 e. The van der Waals surface area contributed by atoms with E-state index in [4.69, 9.17) is 4.52 Å². The van der Waals surface area contributed by atoms with Gasteiger partial charge in [-0.15, -0.1) is 0 Å². The summed E-state index contributed by atoms with van der Waals surface area (Å²) in [7, 11) is 0. The van der Waals surface area contributed by atoms with Crippen molar-refractivity contribution >= 4 is 11.9 Å². The molecule has 7 heteroatoms. The van der Waals surface area contributed by atoms with Crippen LogP contribution in [0, 0.1) is 0 Å². The molecular weight excluding hydrogens is 380 g/mol. The second-order valence-electron chi connectivity index (χ2n) is 7.24. The number of nitrogens with zero attached hydrogens (tertiary/aromatic N) is 2. The zero-order valence-corrected chi connectivity index (χ0v) is 16.6. The number of carbonyl (C=O) groups is 2. The maximum atomic E-state index is 12.6. The number of benzene rings is 2. The second kappa shape index (κ2) is 9.26. The molecular formula is C23H24N4O3. The van der Waals surface area contributed by atoms with Crippen LogP contribution in [0.1, 0.15) is 32.9 Å². The summed E-state index contributed by atoms with van der Waals surface area (Å²) in [5, 5.41) is 9.78. The molecule has 0 saturated heterocycles. The number of nitrogens with one attached hydrogen (secondary N) is 2. The molecule has 0 aliphatic carbocycles. The van der Waals surface area contributed by atoms with E-state index in [1.165, 1.54) is 5.56 Å². The van der Waals surface area contributed by atoms with Gasteiger partial charge in [-0.25, -0.2) is 4.79 Å². The van der Waals surface area contributed by atoms with Gasteiger partial charge in [-0.3, -0.25) is 4.79 Å². The fraction of sp³-hybridized carbons (Fsp3) is 0.261. The van der Waals surface area contributed by atoms with Crippen molar-refractivity contribution in [2.75, 3.05) is 13.1 Å². The number of hydrogen-bond donors (Lipinski definition) is 2. The molecule has 0 fully saturated rings. The molecule has 0 unspecified atom stereocenters. The lowest BCUT2D eigenvalue weighted by molar-refractivity contribution is 0.0940. The van der Waals surface area contributed by atoms with Crippen LogP contribution in [-0.4, -0.2) is 35.1 Å². The monoisotopic (exact) mass is 404 g/mol. The smallest absolute Gasteiger partial charge is 0.317 e. The molecule has 3 aromatic rings. The number of urea groups is 1. The summed E-state index contributed by atoms with van der Waals surface area (Å²) in [5.41, 5.74) is 3.12. The Hall–Kier alpha value is -3.61. The van der Waals surface area contributed by atoms with Crippen molar-refractivity contribution in [1.29, 1.82) is 0 Å². The summed E-state index contributed by atoms with van der Waals surface area (Å²) in [6, 6.07) is 19.5. The Morgan fingerprint density at radius 3 is 2.40 bits per heavy atom. The lowest BCUT2D eigenvalue weighted by Crippen LogP contribution is -2.43. The number of carbonyl (C=O) groups excluding carboxylic acids is 2. The number of amides is 3. The van der Waals surface area contributed by atoms with Crippen molar-refractivity contribution in [2.45, 2.75) is 25.9 Å². The van der Waals surface area contributed by atoms with Crippen molar-refractivity contribution < 1.29 is 14.1 Å². The van der Waals surface area contributed by atoms with Gasteiger partial charge in [-0.05, 0) is 17.5 Å². The topological polar surface area (TPSA) is 87.5 Å². The van der Waals surface area contributed by atoms with E-state index in [1.807, 2.05) is 60.7 Å². The van der Waals surface area contributed by atoms with E-state index in [0.717, 1.165) is 12.0 Å². The van der Waals surface area contributed by atoms with Crippen LogP contribution in [0.3, 0.4) is 0 Å². The third kappa shape index (κ3) is 4.68. The average Bonchev–Trinajstić information content (AvgIpc) is 3.22. The van der Waals surface area contributed by atoms with Gasteiger partial charge in [0, 0.05) is 31.6 Å². The van der Waals surface area contributed by atoms with Crippen LogP contribution >= 0.6 is 0 Å². The fourth-order valence-corrected chi connectivity index (χ4v) is 3.49. The van der Waals surface area contributed by atoms with Crippen LogP contribution in [-0.2, 0) is 25.9 Å². The third-order valence-electron chi connectivity index (χ3n) is 5.16. The summed E-state index contributed by atoms with van der Waals surface area (Å²) in [6.45, 7) is 1.81. The van der Waals surface area contributed by atoms with E-state index in [2.05, 4.69) is 15.8 Å². The van der Waals surface area contributed by atoms with Crippen LogP contribution in [0.25, 0.3) is 0 Å². The molecule has 3 amide bonds. The van der Waals surface area contributed by atoms with Crippen molar-refractivity contribution in [3.8, 4) is 0 Å². The van der Waals surface area contributed by atoms with Gasteiger partial charge in [0.25, 0.3) is 5.91 Å². The molecule has 2 heterocycles. The first-order valence-corrected chi connectivity index (χ1v) is 10.1. The minimum atomic E-state index is -0.296. The molecule has 0 atom stereocenters. The van der Waals surface area contributed by atoms with Gasteiger partial charge >= 0.3 is 6.03 Å². The molecule has 0 saturated carbocycles. The number of rotatable bonds is 6. The normalized spacial score (nSPS) is 12.9. The second-order valence-corrected chi connectivity index (χ2v) is 7.24. The van der Waals surface area contributed by atoms with Gasteiger partial charge in [0.1, 0.15) is 5.76 Å². The molecule has 2 aromatic carbocycles. The van der Waals surface area contributed by atoms with E-state index in [-0.39, 0.29) is 17.6 Å². The van der Waals surface area contributed by atoms with Crippen LogP contribution < -0.4 is 10.6 Å². The zero-order valence-electron chi connectivity index (χ0n) is 16.6. The van der Waals surface area contributed by atoms with E-state index >= 15 is 0 Å². The van der Waals surface area contributed by atoms with Gasteiger partial charge in [-0.2, -0.15) is 0 Å². The molecule has 7 nitrogen and oxygen atoms in total. The van der Waals surface area contributed by atoms with Crippen molar-refractivity contribution in [1.82, 2.24) is 20.7 Å². The number of hydrogen-bond acceptors (Lipinski definition) is 4. The predicted molar refractivity (Wildman–Crippen MR) is 112 cm³/mol. The van der Waals surface area contributed by atoms with Crippen molar-refractivity contribution in [3.05, 3.63) is 88.8 Å². The summed E-state index contributed by atoms with van der Waals surface area (Å²) < 4.78 is 5.36. The van der Waals surface area contributed by atoms with Gasteiger partial charge in [-0.1, -0.05) is 65.8 Å². The highest BCUT2D eigenvalue weighted by Gasteiger charge is 2.29. The van der Waals surface area contributed by atoms with Gasteiger partial charge in [0.2, 0.25) is 0 Å². The Balaban J connectivity index is 1.33. The Kier molecular flexibility index (Phi) is 6.08. The lowest BCUT2D eigenvalue weighted by atomic mass is 10.1. The Labute approximate surface area is 175 Å². The fourth-order valence-electron chi connectivity index (χ4n) is 3.49. The van der Waals surface area contributed by atoms with Crippen LogP contribution in [0.2, 0.25) is 0 Å². The van der Waals surface area contributed by atoms with Gasteiger partial charge < -0.3 is 20.1 Å². The standard InChI is InChI=1S/C23H24N4O3/c28-22(25-15-18-9-5-2-6-10-18)21-19-16-27(14-12-20(19)30-26-21)23(29)24-13-11-17-7-3-1-4-8-17/h1-10H,11-16H2,(H,24,29)(H,25,28). The largest absolute Gasteiger partial charge is 0.360 e. The highest BCUT2D eigenvalue weighted by molar-refractivity contribution is 5.94. The molecule has 154 valence electrons. The molecule has 30 heavy (non-hydrogen) atoms. The average molecular weight is 404 g/mol. The summed E-state index contributed by atoms with van der Waals surface area (Å²) in [4.78, 5) is 26.9. The van der Waals surface area contributed by atoms with E-state index in [0.29, 0.717) is 43.9 Å². The quantitative estimate of drug-likeness (QED) is 0.661. The first-order chi connectivity index (χ1) is 14.7. The first-order valence-electron chi connectivity index (χ1n) is 10.1. The lowest BCUT2D eigenvalue weighted by Gasteiger charge is -2.26. The predicted octanol–water partition coefficient (Wildman–Crippen LogP) is 2.92. The van der Waals surface area contributed by atoms with Crippen molar-refractivity contribution in [2.24, 2.45) is 0 Å². The van der Waals surface area contributed by atoms with Crippen molar-refractivity contribution in [3.63, 3.8) is 0 Å². The zero-order chi connectivity index (χ0) is 20.8. The highest BCUT2D eigenvalue weighted by atomic mass is 16.5. The molecule has 4 rings (SSSR count). The minimum absolute atomic E-state index is 0.145. The van der Waals surface area contributed by atoms with E-state index in [9.17, 15) is 9.59 Å². The molecule has 1 aromatic heterocycles. The number of aromatic nitrogens is 1. The van der Waals surface area contributed by atoms with Crippen LogP contribution in [0.15, 0.2) is 65.2 Å². The Morgan fingerprint density at radius 2 is 1.67 bits per heavy atom. The van der Waals surface area contributed by atoms with Gasteiger partial charge in [0.15, 0.2) is 5.69 Å². The molecule has 2 N–H and O–H groups in total.